The molecular weight excluding hydrogens is 296 g/mol. The molecule has 132 valence electrons. The summed E-state index contributed by atoms with van der Waals surface area (Å²) >= 11 is 0. The third-order valence-corrected chi connectivity index (χ3v) is 4.47. The lowest BCUT2D eigenvalue weighted by atomic mass is 9.99. The summed E-state index contributed by atoms with van der Waals surface area (Å²) < 4.78 is 0. The van der Waals surface area contributed by atoms with Gasteiger partial charge in [-0.15, -0.1) is 0 Å². The van der Waals surface area contributed by atoms with Crippen LogP contribution in [0.15, 0.2) is 30.5 Å². The normalized spacial score (nSPS) is 18.6. The molecule has 2 heterocycles. The molecule has 2 aromatic rings. The molecule has 1 saturated heterocycles. The van der Waals surface area contributed by atoms with E-state index >= 15 is 0 Å². The van der Waals surface area contributed by atoms with E-state index in [1.807, 2.05) is 30.5 Å². The van der Waals surface area contributed by atoms with Crippen molar-refractivity contribution in [3.8, 4) is 0 Å². The second-order valence-corrected chi connectivity index (χ2v) is 6.81. The lowest BCUT2D eigenvalue weighted by Crippen LogP contribution is -2.55. The van der Waals surface area contributed by atoms with Gasteiger partial charge in [0.1, 0.15) is 5.82 Å². The maximum atomic E-state index is 4.79. The smallest absolute Gasteiger partial charge is 0.147 e. The molecule has 24 heavy (non-hydrogen) atoms. The topological polar surface area (TPSA) is 32.3 Å². The van der Waals surface area contributed by atoms with Gasteiger partial charge >= 0.3 is 0 Å². The summed E-state index contributed by atoms with van der Waals surface area (Å²) in [5, 5.41) is 0. The second kappa shape index (κ2) is 8.97. The van der Waals surface area contributed by atoms with Crippen LogP contribution in [-0.4, -0.2) is 47.1 Å². The number of para-hydroxylation sites is 2. The second-order valence-electron chi connectivity index (χ2n) is 6.81. The van der Waals surface area contributed by atoms with Gasteiger partial charge in [-0.25, -0.2) is 4.98 Å². The number of hydrogen-bond acceptors (Lipinski definition) is 4. The van der Waals surface area contributed by atoms with Crippen LogP contribution in [0.4, 0.5) is 5.82 Å². The Hall–Kier alpha value is -1.68. The fourth-order valence-corrected chi connectivity index (χ4v) is 3.18. The lowest BCUT2D eigenvalue weighted by Gasteiger charge is -2.43. The van der Waals surface area contributed by atoms with Gasteiger partial charge in [0.25, 0.3) is 0 Å². The number of aromatic nitrogens is 2. The van der Waals surface area contributed by atoms with E-state index in [1.54, 1.807) is 0 Å². The molecule has 1 aliphatic heterocycles. The summed E-state index contributed by atoms with van der Waals surface area (Å²) in [6, 6.07) is 8.67. The van der Waals surface area contributed by atoms with E-state index in [-0.39, 0.29) is 0 Å². The predicted molar refractivity (Wildman–Crippen MR) is 104 cm³/mol. The van der Waals surface area contributed by atoms with Crippen LogP contribution in [0.1, 0.15) is 41.0 Å². The van der Waals surface area contributed by atoms with Crippen LogP contribution in [0.2, 0.25) is 0 Å². The molecule has 0 N–H and O–H groups in total. The summed E-state index contributed by atoms with van der Waals surface area (Å²) in [7, 11) is 0. The first-order valence-electron chi connectivity index (χ1n) is 9.31. The highest BCUT2D eigenvalue weighted by molar-refractivity contribution is 5.75. The van der Waals surface area contributed by atoms with Gasteiger partial charge in [0, 0.05) is 25.7 Å². The van der Waals surface area contributed by atoms with E-state index in [9.17, 15) is 0 Å². The van der Waals surface area contributed by atoms with Gasteiger partial charge in [-0.05, 0) is 24.6 Å². The number of piperazine rings is 1. The molecule has 4 nitrogen and oxygen atoms in total. The molecule has 4 heteroatoms. The molecule has 1 aliphatic rings. The van der Waals surface area contributed by atoms with Crippen LogP contribution in [0, 0.1) is 5.92 Å². The Morgan fingerprint density at radius 3 is 2.38 bits per heavy atom. The number of hydrogen-bond donors (Lipinski definition) is 0. The highest BCUT2D eigenvalue weighted by Gasteiger charge is 2.28. The third kappa shape index (κ3) is 4.44. The number of benzene rings is 1. The zero-order chi connectivity index (χ0) is 17.5. The average molecular weight is 329 g/mol. The lowest BCUT2D eigenvalue weighted by molar-refractivity contribution is 0.145. The van der Waals surface area contributed by atoms with Gasteiger partial charge < -0.3 is 4.90 Å². The largest absolute Gasteiger partial charge is 0.352 e. The van der Waals surface area contributed by atoms with Gasteiger partial charge in [-0.3, -0.25) is 9.88 Å². The summed E-state index contributed by atoms with van der Waals surface area (Å²) in [5.74, 6) is 1.66. The molecule has 1 fully saturated rings. The van der Waals surface area contributed by atoms with Gasteiger partial charge in [-0.2, -0.15) is 0 Å². The Kier molecular flexibility index (Phi) is 6.98. The first-order chi connectivity index (χ1) is 11.6. The first kappa shape index (κ1) is 18.7. The summed E-state index contributed by atoms with van der Waals surface area (Å²) in [6.07, 6.45) is 3.17. The van der Waals surface area contributed by atoms with Gasteiger partial charge in [-0.1, -0.05) is 53.2 Å². The van der Waals surface area contributed by atoms with Crippen LogP contribution in [0.5, 0.6) is 0 Å². The van der Waals surface area contributed by atoms with E-state index < -0.39 is 0 Å². The van der Waals surface area contributed by atoms with E-state index in [2.05, 4.69) is 49.4 Å². The Morgan fingerprint density at radius 1 is 1.08 bits per heavy atom. The zero-order valence-corrected chi connectivity index (χ0v) is 15.9. The Labute approximate surface area is 146 Å². The van der Waals surface area contributed by atoms with E-state index in [0.717, 1.165) is 43.0 Å². The standard InChI is InChI=1S/C17H24N4.C3H8/c1-4-20-9-10-21(12-16(20)13(2)3)17-11-18-14-7-5-6-8-15(14)19-17;1-3-2/h5-8,11,13,16H,4,9-10,12H2,1-3H3;3H2,1-2H3. The quantitative estimate of drug-likeness (QED) is 0.845. The van der Waals surface area contributed by atoms with Crippen molar-refractivity contribution in [2.24, 2.45) is 5.92 Å². The average Bonchev–Trinajstić information content (AvgIpc) is 2.61. The van der Waals surface area contributed by atoms with E-state index in [1.165, 1.54) is 6.42 Å². The van der Waals surface area contributed by atoms with Crippen molar-refractivity contribution >= 4 is 16.9 Å². The highest BCUT2D eigenvalue weighted by Crippen LogP contribution is 2.22. The molecule has 1 unspecified atom stereocenters. The Morgan fingerprint density at radius 2 is 1.75 bits per heavy atom. The monoisotopic (exact) mass is 328 g/mol. The SMILES string of the molecule is CCC.CCN1CCN(c2cnc3ccccc3n2)CC1C(C)C. The number of likely N-dealkylation sites (N-methyl/N-ethyl adjacent to an activating group) is 1. The van der Waals surface area contributed by atoms with Crippen molar-refractivity contribution in [1.29, 1.82) is 0 Å². The van der Waals surface area contributed by atoms with E-state index in [0.29, 0.717) is 12.0 Å². The minimum atomic E-state index is 0.594. The molecule has 1 aromatic carbocycles. The van der Waals surface area contributed by atoms with Crippen molar-refractivity contribution in [3.05, 3.63) is 30.5 Å². The molecule has 0 saturated carbocycles. The number of rotatable bonds is 3. The number of anilines is 1. The predicted octanol–water partition coefficient (Wildman–Crippen LogP) is 4.21. The Balaban J connectivity index is 0.000000647. The molecule has 0 amide bonds. The van der Waals surface area contributed by atoms with Crippen molar-refractivity contribution in [2.45, 2.75) is 47.1 Å². The van der Waals surface area contributed by atoms with E-state index in [4.69, 9.17) is 4.98 Å². The molecular formula is C20H32N4. The van der Waals surface area contributed by atoms with Gasteiger partial charge in [0.15, 0.2) is 0 Å². The highest BCUT2D eigenvalue weighted by atomic mass is 15.3. The van der Waals surface area contributed by atoms with Crippen molar-refractivity contribution in [1.82, 2.24) is 14.9 Å². The summed E-state index contributed by atoms with van der Waals surface area (Å²) in [4.78, 5) is 14.3. The number of nitrogens with zero attached hydrogens (tertiary/aromatic N) is 4. The molecule has 1 atom stereocenters. The number of fused-ring (bicyclic) bond motifs is 1. The maximum Gasteiger partial charge on any atom is 0.147 e. The Bertz CT molecular complexity index is 626. The van der Waals surface area contributed by atoms with Crippen molar-refractivity contribution < 1.29 is 0 Å². The molecule has 0 radical (unpaired) electrons. The molecule has 0 aliphatic carbocycles. The molecule has 1 aromatic heterocycles. The van der Waals surface area contributed by atoms with Crippen LogP contribution in [0.3, 0.4) is 0 Å². The van der Waals surface area contributed by atoms with Crippen molar-refractivity contribution in [2.75, 3.05) is 31.1 Å². The fourth-order valence-electron chi connectivity index (χ4n) is 3.18. The molecule has 3 rings (SSSR count). The minimum Gasteiger partial charge on any atom is -0.352 e. The molecule has 0 spiro atoms. The fraction of sp³-hybridized carbons (Fsp3) is 0.600. The van der Waals surface area contributed by atoms with Gasteiger partial charge in [0.05, 0.1) is 17.2 Å². The van der Waals surface area contributed by atoms with Crippen LogP contribution < -0.4 is 4.90 Å². The van der Waals surface area contributed by atoms with Crippen LogP contribution >= 0.6 is 0 Å². The zero-order valence-electron chi connectivity index (χ0n) is 15.9. The van der Waals surface area contributed by atoms with Crippen LogP contribution in [-0.2, 0) is 0 Å². The minimum absolute atomic E-state index is 0.594. The van der Waals surface area contributed by atoms with Crippen molar-refractivity contribution in [3.63, 3.8) is 0 Å². The third-order valence-electron chi connectivity index (χ3n) is 4.47. The van der Waals surface area contributed by atoms with Gasteiger partial charge in [0.2, 0.25) is 0 Å². The summed E-state index contributed by atoms with van der Waals surface area (Å²) in [5.41, 5.74) is 1.95. The van der Waals surface area contributed by atoms with Crippen LogP contribution in [0.25, 0.3) is 11.0 Å². The maximum absolute atomic E-state index is 4.79. The first-order valence-corrected chi connectivity index (χ1v) is 9.31. The molecule has 0 bridgehead atoms. The summed E-state index contributed by atoms with van der Waals surface area (Å²) in [6.45, 7) is 15.4.